The first-order valence-electron chi connectivity index (χ1n) is 9.86. The maximum atomic E-state index is 12.9. The van der Waals surface area contributed by atoms with Gasteiger partial charge in [0.2, 0.25) is 5.91 Å². The minimum absolute atomic E-state index is 0.0666. The summed E-state index contributed by atoms with van der Waals surface area (Å²) in [5.41, 5.74) is 3.21. The fraction of sp³-hybridized carbons (Fsp3) is 0.240. The van der Waals surface area contributed by atoms with Crippen molar-refractivity contribution in [3.63, 3.8) is 0 Å². The van der Waals surface area contributed by atoms with Crippen LogP contribution < -0.4 is 0 Å². The number of carbonyl (C=O) groups is 1. The van der Waals surface area contributed by atoms with Gasteiger partial charge in [-0.15, -0.1) is 0 Å². The van der Waals surface area contributed by atoms with Crippen LogP contribution in [0.25, 0.3) is 0 Å². The number of carbonyl (C=O) groups excluding carboxylic acids is 1. The summed E-state index contributed by atoms with van der Waals surface area (Å²) in [6.07, 6.45) is 0.733. The molecule has 28 heavy (non-hydrogen) atoms. The third-order valence-electron chi connectivity index (χ3n) is 5.59. The highest BCUT2D eigenvalue weighted by Gasteiger charge is 2.47. The molecule has 0 aliphatic carbocycles. The van der Waals surface area contributed by atoms with E-state index in [0.717, 1.165) is 16.7 Å². The Labute approximate surface area is 166 Å². The van der Waals surface area contributed by atoms with Crippen LogP contribution in [0, 0.1) is 5.92 Å². The molecule has 0 radical (unpaired) electrons. The molecule has 1 heterocycles. The van der Waals surface area contributed by atoms with Crippen molar-refractivity contribution in [3.05, 3.63) is 108 Å². The van der Waals surface area contributed by atoms with Crippen LogP contribution in [0.5, 0.6) is 0 Å². The van der Waals surface area contributed by atoms with E-state index < -0.39 is 6.10 Å². The standard InChI is InChI=1S/C25H25NO2/c27-23(20-12-6-2-7-13-20)17-16-22-24(21-14-8-3-9-15-21)26(25(22)28)18-19-10-4-1-5-11-19/h1-15,22-24,27H,16-18H2. The summed E-state index contributed by atoms with van der Waals surface area (Å²) in [4.78, 5) is 14.9. The molecule has 3 unspecified atom stereocenters. The lowest BCUT2D eigenvalue weighted by molar-refractivity contribution is -0.159. The van der Waals surface area contributed by atoms with Crippen LogP contribution in [0.4, 0.5) is 0 Å². The first kappa shape index (κ1) is 18.5. The molecule has 3 nitrogen and oxygen atoms in total. The molecule has 142 valence electrons. The smallest absolute Gasteiger partial charge is 0.228 e. The molecule has 3 aromatic carbocycles. The van der Waals surface area contributed by atoms with Crippen molar-refractivity contribution in [2.75, 3.05) is 0 Å². The van der Waals surface area contributed by atoms with Crippen LogP contribution in [-0.2, 0) is 11.3 Å². The van der Waals surface area contributed by atoms with E-state index in [9.17, 15) is 9.90 Å². The van der Waals surface area contributed by atoms with Gasteiger partial charge in [0.05, 0.1) is 18.1 Å². The predicted molar refractivity (Wildman–Crippen MR) is 110 cm³/mol. The molecule has 0 spiro atoms. The van der Waals surface area contributed by atoms with Gasteiger partial charge >= 0.3 is 0 Å². The van der Waals surface area contributed by atoms with Gasteiger partial charge in [0.25, 0.3) is 0 Å². The van der Waals surface area contributed by atoms with Gasteiger partial charge in [0.15, 0.2) is 0 Å². The second-order valence-corrected chi connectivity index (χ2v) is 7.42. The largest absolute Gasteiger partial charge is 0.388 e. The highest BCUT2D eigenvalue weighted by molar-refractivity contribution is 5.86. The van der Waals surface area contributed by atoms with E-state index in [0.29, 0.717) is 19.4 Å². The number of β-lactam (4-membered cyclic amide) rings is 1. The molecular formula is C25H25NO2. The molecule has 1 saturated heterocycles. The van der Waals surface area contributed by atoms with Crippen molar-refractivity contribution in [3.8, 4) is 0 Å². The topological polar surface area (TPSA) is 40.5 Å². The average molecular weight is 371 g/mol. The van der Waals surface area contributed by atoms with Crippen molar-refractivity contribution >= 4 is 5.91 Å². The molecule has 0 saturated carbocycles. The Morgan fingerprint density at radius 1 is 0.821 bits per heavy atom. The number of hydrogen-bond acceptors (Lipinski definition) is 2. The van der Waals surface area contributed by atoms with E-state index in [1.54, 1.807) is 0 Å². The molecule has 3 heteroatoms. The van der Waals surface area contributed by atoms with Gasteiger partial charge in [-0.25, -0.2) is 0 Å². The van der Waals surface area contributed by atoms with Crippen molar-refractivity contribution in [1.82, 2.24) is 4.90 Å². The summed E-state index contributed by atoms with van der Waals surface area (Å²) in [5.74, 6) is 0.0995. The van der Waals surface area contributed by atoms with E-state index >= 15 is 0 Å². The number of aliphatic hydroxyl groups is 1. The van der Waals surface area contributed by atoms with Crippen molar-refractivity contribution < 1.29 is 9.90 Å². The number of likely N-dealkylation sites (tertiary alicyclic amines) is 1. The Kier molecular flexibility index (Phi) is 5.54. The second-order valence-electron chi connectivity index (χ2n) is 7.42. The summed E-state index contributed by atoms with van der Waals surface area (Å²) >= 11 is 0. The van der Waals surface area contributed by atoms with Crippen molar-refractivity contribution in [1.29, 1.82) is 0 Å². The molecule has 4 rings (SSSR count). The Morgan fingerprint density at radius 2 is 1.39 bits per heavy atom. The zero-order valence-corrected chi connectivity index (χ0v) is 15.8. The minimum Gasteiger partial charge on any atom is -0.388 e. The number of amides is 1. The first-order chi connectivity index (χ1) is 13.7. The third-order valence-corrected chi connectivity index (χ3v) is 5.59. The van der Waals surface area contributed by atoms with E-state index in [4.69, 9.17) is 0 Å². The molecule has 1 aliphatic rings. The lowest BCUT2D eigenvalue weighted by atomic mass is 9.78. The van der Waals surface area contributed by atoms with E-state index in [2.05, 4.69) is 24.3 Å². The van der Waals surface area contributed by atoms with Crippen molar-refractivity contribution in [2.24, 2.45) is 5.92 Å². The number of hydrogen-bond donors (Lipinski definition) is 1. The summed E-state index contributed by atoms with van der Waals surface area (Å²) in [6, 6.07) is 30.1. The Hall–Kier alpha value is -2.91. The third kappa shape index (κ3) is 3.85. The maximum Gasteiger partial charge on any atom is 0.228 e. The molecule has 1 amide bonds. The summed E-state index contributed by atoms with van der Waals surface area (Å²) in [6.45, 7) is 0.622. The molecule has 1 fully saturated rings. The minimum atomic E-state index is -0.534. The van der Waals surface area contributed by atoms with Gasteiger partial charge in [-0.3, -0.25) is 4.79 Å². The SMILES string of the molecule is O=C1C(CCC(O)c2ccccc2)C(c2ccccc2)N1Cc1ccccc1. The normalized spacial score (nSPS) is 19.9. The van der Waals surface area contributed by atoms with Gasteiger partial charge in [0, 0.05) is 6.54 Å². The number of rotatable bonds is 7. The lowest BCUT2D eigenvalue weighted by Crippen LogP contribution is -2.54. The molecule has 1 N–H and O–H groups in total. The Bertz CT molecular complexity index is 896. The molecular weight excluding hydrogens is 346 g/mol. The fourth-order valence-electron chi connectivity index (χ4n) is 4.10. The summed E-state index contributed by atoms with van der Waals surface area (Å²) in [5, 5.41) is 10.5. The van der Waals surface area contributed by atoms with E-state index in [1.807, 2.05) is 71.6 Å². The van der Waals surface area contributed by atoms with Crippen LogP contribution in [0.15, 0.2) is 91.0 Å². The van der Waals surface area contributed by atoms with Gasteiger partial charge in [-0.05, 0) is 29.5 Å². The number of aliphatic hydroxyl groups excluding tert-OH is 1. The fourth-order valence-corrected chi connectivity index (χ4v) is 4.10. The number of benzene rings is 3. The zero-order chi connectivity index (χ0) is 19.3. The Morgan fingerprint density at radius 3 is 2.04 bits per heavy atom. The predicted octanol–water partition coefficient (Wildman–Crippen LogP) is 4.90. The molecule has 0 aromatic heterocycles. The van der Waals surface area contributed by atoms with Gasteiger partial charge < -0.3 is 10.0 Å². The average Bonchev–Trinajstić information content (AvgIpc) is 2.76. The van der Waals surface area contributed by atoms with E-state index in [-0.39, 0.29) is 17.9 Å². The van der Waals surface area contributed by atoms with Gasteiger partial charge in [-0.1, -0.05) is 91.0 Å². The second kappa shape index (κ2) is 8.41. The molecule has 3 atom stereocenters. The van der Waals surface area contributed by atoms with Crippen LogP contribution in [0.3, 0.4) is 0 Å². The summed E-state index contributed by atoms with van der Waals surface area (Å²) < 4.78 is 0. The highest BCUT2D eigenvalue weighted by Crippen LogP contribution is 2.44. The monoisotopic (exact) mass is 371 g/mol. The van der Waals surface area contributed by atoms with Gasteiger partial charge in [0.1, 0.15) is 0 Å². The Balaban J connectivity index is 1.49. The molecule has 0 bridgehead atoms. The summed E-state index contributed by atoms with van der Waals surface area (Å²) in [7, 11) is 0. The first-order valence-corrected chi connectivity index (χ1v) is 9.86. The van der Waals surface area contributed by atoms with Crippen molar-refractivity contribution in [2.45, 2.75) is 31.5 Å². The number of nitrogens with zero attached hydrogens (tertiary/aromatic N) is 1. The maximum absolute atomic E-state index is 12.9. The van der Waals surface area contributed by atoms with Crippen LogP contribution in [-0.4, -0.2) is 15.9 Å². The highest BCUT2D eigenvalue weighted by atomic mass is 16.3. The lowest BCUT2D eigenvalue weighted by Gasteiger charge is -2.48. The quantitative estimate of drug-likeness (QED) is 0.600. The molecule has 3 aromatic rings. The van der Waals surface area contributed by atoms with Crippen LogP contribution in [0.2, 0.25) is 0 Å². The van der Waals surface area contributed by atoms with Gasteiger partial charge in [-0.2, -0.15) is 0 Å². The zero-order valence-electron chi connectivity index (χ0n) is 15.8. The van der Waals surface area contributed by atoms with Crippen LogP contribution >= 0.6 is 0 Å². The van der Waals surface area contributed by atoms with Crippen LogP contribution in [0.1, 0.15) is 41.7 Å². The van der Waals surface area contributed by atoms with E-state index in [1.165, 1.54) is 0 Å². The molecule has 1 aliphatic heterocycles.